The maximum Gasteiger partial charge on any atom is 0.277 e. The Labute approximate surface area is 109 Å². The highest BCUT2D eigenvalue weighted by Crippen LogP contribution is 2.18. The van der Waals surface area contributed by atoms with E-state index in [1.165, 1.54) is 17.8 Å². The molecule has 0 aliphatic carbocycles. The van der Waals surface area contributed by atoms with E-state index in [1.54, 1.807) is 25.1 Å². The summed E-state index contributed by atoms with van der Waals surface area (Å²) in [6.07, 6.45) is 0.305. The predicted octanol–water partition coefficient (Wildman–Crippen LogP) is 2.91. The molecule has 0 saturated heterocycles. The van der Waals surface area contributed by atoms with Crippen molar-refractivity contribution in [1.29, 1.82) is 0 Å². The Morgan fingerprint density at radius 2 is 2.17 bits per heavy atom. The van der Waals surface area contributed by atoms with Crippen LogP contribution in [0.15, 0.2) is 33.9 Å². The first kappa shape index (κ1) is 12.7. The summed E-state index contributed by atoms with van der Waals surface area (Å²) >= 11 is 1.37. The first-order valence-corrected chi connectivity index (χ1v) is 6.36. The van der Waals surface area contributed by atoms with Crippen molar-refractivity contribution in [3.8, 4) is 11.8 Å². The van der Waals surface area contributed by atoms with Gasteiger partial charge in [0.2, 0.25) is 5.89 Å². The molecule has 1 aromatic heterocycles. The topological polar surface area (TPSA) is 38.9 Å². The van der Waals surface area contributed by atoms with E-state index in [0.717, 1.165) is 0 Å². The summed E-state index contributed by atoms with van der Waals surface area (Å²) in [5, 5.41) is 8.21. The molecule has 0 N–H and O–H groups in total. The second-order valence-electron chi connectivity index (χ2n) is 3.45. The zero-order valence-corrected chi connectivity index (χ0v) is 10.6. The summed E-state index contributed by atoms with van der Waals surface area (Å²) < 4.78 is 18.8. The van der Waals surface area contributed by atoms with E-state index in [2.05, 4.69) is 22.0 Å². The highest BCUT2D eigenvalue weighted by Gasteiger charge is 2.09. The molecule has 0 amide bonds. The lowest BCUT2D eigenvalue weighted by Gasteiger charge is -1.97. The summed E-state index contributed by atoms with van der Waals surface area (Å²) in [5.41, 5.74) is 0.547. The first-order chi connectivity index (χ1) is 8.79. The lowest BCUT2D eigenvalue weighted by atomic mass is 10.1. The second-order valence-corrected chi connectivity index (χ2v) is 4.37. The molecule has 0 bridgehead atoms. The highest BCUT2D eigenvalue weighted by atomic mass is 32.2. The van der Waals surface area contributed by atoms with Gasteiger partial charge in [-0.05, 0) is 18.6 Å². The fraction of sp³-hybridized carbons (Fsp3) is 0.231. The zero-order chi connectivity index (χ0) is 12.8. The van der Waals surface area contributed by atoms with Gasteiger partial charge in [0.05, 0.1) is 12.2 Å². The summed E-state index contributed by atoms with van der Waals surface area (Å²) in [6, 6.07) is 6.55. The van der Waals surface area contributed by atoms with Crippen LogP contribution in [0, 0.1) is 17.7 Å². The molecule has 0 aliphatic rings. The smallest absolute Gasteiger partial charge is 0.277 e. The van der Waals surface area contributed by atoms with E-state index in [9.17, 15) is 4.39 Å². The Bertz CT molecular complexity index is 586. The molecule has 92 valence electrons. The molecule has 0 spiro atoms. The number of hydrogen-bond donors (Lipinski definition) is 0. The molecule has 0 fully saturated rings. The molecule has 0 saturated carbocycles. The molecule has 2 aromatic rings. The molecular weight excluding hydrogens is 251 g/mol. The summed E-state index contributed by atoms with van der Waals surface area (Å²) in [5.74, 6) is 6.43. The first-order valence-electron chi connectivity index (χ1n) is 5.38. The number of nitrogens with zero attached hydrogens (tertiary/aromatic N) is 2. The monoisotopic (exact) mass is 262 g/mol. The van der Waals surface area contributed by atoms with Crippen LogP contribution in [0.5, 0.6) is 0 Å². The number of aromatic nitrogens is 2. The molecule has 0 atom stereocenters. The van der Waals surface area contributed by atoms with E-state index >= 15 is 0 Å². The Morgan fingerprint density at radius 3 is 2.94 bits per heavy atom. The molecule has 0 radical (unpaired) electrons. The minimum absolute atomic E-state index is 0.262. The van der Waals surface area contributed by atoms with Crippen molar-refractivity contribution in [3.63, 3.8) is 0 Å². The molecule has 18 heavy (non-hydrogen) atoms. The maximum atomic E-state index is 13.4. The van der Waals surface area contributed by atoms with Crippen LogP contribution in [0.3, 0.4) is 0 Å². The van der Waals surface area contributed by atoms with Crippen molar-refractivity contribution < 1.29 is 8.81 Å². The van der Waals surface area contributed by atoms with E-state index in [1.807, 2.05) is 0 Å². The minimum Gasteiger partial charge on any atom is -0.416 e. The van der Waals surface area contributed by atoms with Gasteiger partial charge in [-0.2, -0.15) is 0 Å². The maximum absolute atomic E-state index is 13.4. The fourth-order valence-electron chi connectivity index (χ4n) is 1.34. The van der Waals surface area contributed by atoms with Gasteiger partial charge >= 0.3 is 0 Å². The lowest BCUT2D eigenvalue weighted by Crippen LogP contribution is -1.92. The van der Waals surface area contributed by atoms with Crippen LogP contribution < -0.4 is 0 Å². The van der Waals surface area contributed by atoms with Crippen molar-refractivity contribution >= 4 is 11.8 Å². The van der Waals surface area contributed by atoms with Crippen molar-refractivity contribution in [2.45, 2.75) is 18.6 Å². The van der Waals surface area contributed by atoms with Crippen LogP contribution >= 0.6 is 11.8 Å². The zero-order valence-electron chi connectivity index (χ0n) is 9.81. The number of thioether (sulfide) groups is 1. The van der Waals surface area contributed by atoms with Crippen molar-refractivity contribution in [2.24, 2.45) is 0 Å². The van der Waals surface area contributed by atoms with Gasteiger partial charge in [0, 0.05) is 0 Å². The minimum atomic E-state index is -0.262. The summed E-state index contributed by atoms with van der Waals surface area (Å²) in [4.78, 5) is 0. The van der Waals surface area contributed by atoms with Crippen molar-refractivity contribution in [2.75, 3.05) is 5.75 Å². The Morgan fingerprint density at radius 1 is 1.33 bits per heavy atom. The molecule has 2 rings (SSSR count). The van der Waals surface area contributed by atoms with Gasteiger partial charge in [-0.15, -0.1) is 16.1 Å². The molecule has 3 nitrogen and oxygen atoms in total. The van der Waals surface area contributed by atoms with Crippen LogP contribution in [0.2, 0.25) is 0 Å². The standard InChI is InChI=1S/C13H11FN2OS/c1-2-3-8-18-13-16-15-12(17-13)9-10-6-4-5-7-11(10)14/h4-7H,8-9H2,1H3. The summed E-state index contributed by atoms with van der Waals surface area (Å²) in [6.45, 7) is 1.78. The molecular formula is C13H11FN2OS. The molecule has 1 aromatic carbocycles. The predicted molar refractivity (Wildman–Crippen MR) is 67.7 cm³/mol. The quantitative estimate of drug-likeness (QED) is 0.627. The number of rotatable bonds is 4. The SMILES string of the molecule is CC#CCSc1nnc(Cc2ccccc2F)o1. The van der Waals surface area contributed by atoms with Crippen LogP contribution in [0.4, 0.5) is 4.39 Å². The van der Waals surface area contributed by atoms with Crippen LogP contribution in [0.1, 0.15) is 18.4 Å². The number of halogens is 1. The molecule has 1 heterocycles. The Hall–Kier alpha value is -1.80. The lowest BCUT2D eigenvalue weighted by molar-refractivity contribution is 0.418. The van der Waals surface area contributed by atoms with Gasteiger partial charge in [0.15, 0.2) is 0 Å². The van der Waals surface area contributed by atoms with E-state index in [-0.39, 0.29) is 5.82 Å². The van der Waals surface area contributed by atoms with Crippen LogP contribution in [0.25, 0.3) is 0 Å². The van der Waals surface area contributed by atoms with Gasteiger partial charge in [0.25, 0.3) is 5.22 Å². The number of hydrogen-bond acceptors (Lipinski definition) is 4. The van der Waals surface area contributed by atoms with Gasteiger partial charge in [-0.3, -0.25) is 0 Å². The van der Waals surface area contributed by atoms with Crippen LogP contribution in [-0.2, 0) is 6.42 Å². The van der Waals surface area contributed by atoms with Gasteiger partial charge in [-0.25, -0.2) is 4.39 Å². The third kappa shape index (κ3) is 3.34. The second kappa shape index (κ2) is 6.22. The van der Waals surface area contributed by atoms with Crippen molar-refractivity contribution in [3.05, 3.63) is 41.5 Å². The van der Waals surface area contributed by atoms with Gasteiger partial charge < -0.3 is 4.42 Å². The summed E-state index contributed by atoms with van der Waals surface area (Å²) in [7, 11) is 0. The van der Waals surface area contributed by atoms with E-state index < -0.39 is 0 Å². The third-order valence-electron chi connectivity index (χ3n) is 2.19. The fourth-order valence-corrected chi connectivity index (χ4v) is 1.94. The van der Waals surface area contributed by atoms with Gasteiger partial charge in [-0.1, -0.05) is 35.9 Å². The van der Waals surface area contributed by atoms with Gasteiger partial charge in [0.1, 0.15) is 5.82 Å². The average Bonchev–Trinajstić information content (AvgIpc) is 2.80. The van der Waals surface area contributed by atoms with Crippen LogP contribution in [-0.4, -0.2) is 16.0 Å². The van der Waals surface area contributed by atoms with E-state index in [4.69, 9.17) is 4.42 Å². The van der Waals surface area contributed by atoms with E-state index in [0.29, 0.717) is 28.9 Å². The van der Waals surface area contributed by atoms with Crippen molar-refractivity contribution in [1.82, 2.24) is 10.2 Å². The Kier molecular flexibility index (Phi) is 4.37. The highest BCUT2D eigenvalue weighted by molar-refractivity contribution is 7.99. The molecule has 0 aliphatic heterocycles. The molecule has 5 heteroatoms. The largest absolute Gasteiger partial charge is 0.416 e. The number of benzene rings is 1. The average molecular weight is 262 g/mol. The Balaban J connectivity index is 2.02. The third-order valence-corrected chi connectivity index (χ3v) is 2.89. The molecule has 0 unspecified atom stereocenters. The normalized spacial score (nSPS) is 9.89.